The minimum Gasteiger partial charge on any atom is -0.352 e. The van der Waals surface area contributed by atoms with Crippen LogP contribution in [0.15, 0.2) is 92.3 Å². The zero-order chi connectivity index (χ0) is 33.0. The molecule has 6 nitrogen and oxygen atoms in total. The number of halogens is 2. The van der Waals surface area contributed by atoms with Crippen molar-refractivity contribution in [3.63, 3.8) is 0 Å². The summed E-state index contributed by atoms with van der Waals surface area (Å²) in [6.07, 6.45) is 1.84. The van der Waals surface area contributed by atoms with E-state index in [0.717, 1.165) is 11.4 Å². The Bertz CT molecular complexity index is 1740. The Balaban J connectivity index is 1.42. The fourth-order valence-electron chi connectivity index (χ4n) is 6.94. The van der Waals surface area contributed by atoms with E-state index in [9.17, 15) is 28.9 Å². The van der Waals surface area contributed by atoms with Gasteiger partial charge in [0.2, 0.25) is 0 Å². The molecule has 0 bridgehead atoms. The van der Waals surface area contributed by atoms with E-state index in [4.69, 9.17) is 0 Å². The number of nitrogens with zero attached hydrogens (tertiary/aromatic N) is 2. The third-order valence-corrected chi connectivity index (χ3v) is 11.2. The highest BCUT2D eigenvalue weighted by Crippen LogP contribution is 2.53. The van der Waals surface area contributed by atoms with Crippen LogP contribution in [0.25, 0.3) is 0 Å². The highest BCUT2D eigenvalue weighted by Gasteiger charge is 2.44. The lowest BCUT2D eigenvalue weighted by molar-refractivity contribution is -0.119. The summed E-state index contributed by atoms with van der Waals surface area (Å²) < 4.78 is 27.8. The largest absolute Gasteiger partial charge is 0.352 e. The molecule has 234 valence electrons. The van der Waals surface area contributed by atoms with Crippen molar-refractivity contribution in [1.82, 2.24) is 10.6 Å². The second kappa shape index (κ2) is 11.9. The van der Waals surface area contributed by atoms with Gasteiger partial charge < -0.3 is 10.6 Å². The third-order valence-electron chi connectivity index (χ3n) is 8.87. The molecule has 10 heteroatoms. The van der Waals surface area contributed by atoms with E-state index in [1.807, 2.05) is 27.7 Å². The van der Waals surface area contributed by atoms with Crippen LogP contribution in [0.4, 0.5) is 8.78 Å². The Morgan fingerprint density at radius 2 is 1.00 bits per heavy atom. The summed E-state index contributed by atoms with van der Waals surface area (Å²) in [5, 5.41) is 28.8. The molecule has 0 saturated carbocycles. The molecule has 2 aliphatic heterocycles. The molecule has 0 unspecified atom stereocenters. The Labute approximate surface area is 275 Å². The number of hydrogen-bond donors (Lipinski definition) is 2. The normalized spacial score (nSPS) is 23.7. The Morgan fingerprint density at radius 1 is 0.652 bits per heavy atom. The molecule has 0 amide bonds. The number of Topliss-reactive ketones (excluding diaryl/α,β-unsaturated/α-hetero) is 2. The lowest BCUT2D eigenvalue weighted by atomic mass is 9.69. The average Bonchev–Trinajstić information content (AvgIpc) is 2.98. The van der Waals surface area contributed by atoms with Crippen molar-refractivity contribution in [1.29, 1.82) is 10.5 Å². The van der Waals surface area contributed by atoms with Gasteiger partial charge in [-0.1, -0.05) is 52.0 Å². The number of nitriles is 2. The molecule has 46 heavy (non-hydrogen) atoms. The van der Waals surface area contributed by atoms with E-state index in [2.05, 4.69) is 22.8 Å². The van der Waals surface area contributed by atoms with Crippen LogP contribution in [0, 0.1) is 45.1 Å². The molecule has 0 saturated heterocycles. The second-order valence-electron chi connectivity index (χ2n) is 13.8. The maximum Gasteiger partial charge on any atom is 0.162 e. The van der Waals surface area contributed by atoms with Gasteiger partial charge in [-0.15, -0.1) is 0 Å². The first kappa shape index (κ1) is 31.8. The SMILES string of the molecule is CC1(C)CC(=O)C2=C(C1)NC(SSC1=C(C#N)[C@H](c3ccc(F)cc3)C3=C(CC(C)(C)CC3=O)N1)=C(C#N)[C@@H]2c1ccc(F)cc1. The molecule has 2 N–H and O–H groups in total. The maximum absolute atomic E-state index is 13.9. The van der Waals surface area contributed by atoms with Gasteiger partial charge in [-0.3, -0.25) is 9.59 Å². The quantitative estimate of drug-likeness (QED) is 0.311. The van der Waals surface area contributed by atoms with E-state index >= 15 is 0 Å². The van der Waals surface area contributed by atoms with Crippen molar-refractivity contribution in [3.05, 3.63) is 115 Å². The van der Waals surface area contributed by atoms with E-state index in [1.54, 1.807) is 24.3 Å². The Kier molecular flexibility index (Phi) is 8.25. The standard InChI is InChI=1S/C36H32F2N4O2S2/c1-35(2)13-25-31(27(43)15-35)29(19-5-9-21(37)10-6-19)23(17-39)33(41-25)45-46-34-24(18-40)30(20-7-11-22(38)12-8-20)32-26(42-34)14-36(3,4)16-28(32)44/h5-12,29-30,41-42H,13-16H2,1-4H3/t29-,30-/m0/s1. The summed E-state index contributed by atoms with van der Waals surface area (Å²) in [5.41, 5.74) is 3.87. The van der Waals surface area contributed by atoms with Gasteiger partial charge >= 0.3 is 0 Å². The third kappa shape index (κ3) is 5.92. The molecule has 2 aromatic carbocycles. The monoisotopic (exact) mass is 654 g/mol. The molecule has 0 aromatic heterocycles. The molecule has 0 spiro atoms. The lowest BCUT2D eigenvalue weighted by Crippen LogP contribution is -2.37. The molecule has 2 aromatic rings. The maximum atomic E-state index is 13.9. The van der Waals surface area contributed by atoms with Crippen LogP contribution in [-0.4, -0.2) is 11.6 Å². The van der Waals surface area contributed by atoms with Crippen LogP contribution in [0.5, 0.6) is 0 Å². The van der Waals surface area contributed by atoms with Crippen LogP contribution in [-0.2, 0) is 9.59 Å². The number of benzene rings is 2. The topological polar surface area (TPSA) is 106 Å². The molecule has 0 fully saturated rings. The summed E-state index contributed by atoms with van der Waals surface area (Å²) in [5.74, 6) is -2.27. The smallest absolute Gasteiger partial charge is 0.162 e. The van der Waals surface area contributed by atoms with Gasteiger partial charge in [0, 0.05) is 35.4 Å². The summed E-state index contributed by atoms with van der Waals surface area (Å²) in [7, 11) is 2.52. The van der Waals surface area contributed by atoms with Crippen LogP contribution in [0.2, 0.25) is 0 Å². The first-order chi connectivity index (χ1) is 21.8. The van der Waals surface area contributed by atoms with E-state index in [0.29, 0.717) is 69.2 Å². The lowest BCUT2D eigenvalue weighted by Gasteiger charge is -2.40. The summed E-state index contributed by atoms with van der Waals surface area (Å²) in [4.78, 5) is 27.1. The van der Waals surface area contributed by atoms with Crippen molar-refractivity contribution in [2.45, 2.75) is 65.2 Å². The predicted molar refractivity (Wildman–Crippen MR) is 175 cm³/mol. The highest BCUT2D eigenvalue weighted by atomic mass is 33.1. The van der Waals surface area contributed by atoms with Crippen molar-refractivity contribution >= 4 is 33.2 Å². The van der Waals surface area contributed by atoms with Gasteiger partial charge in [0.15, 0.2) is 11.6 Å². The van der Waals surface area contributed by atoms with E-state index in [-0.39, 0.29) is 22.4 Å². The van der Waals surface area contributed by atoms with Gasteiger partial charge in [-0.05, 0) is 80.7 Å². The number of hydrogen-bond acceptors (Lipinski definition) is 8. The first-order valence-corrected chi connectivity index (χ1v) is 17.2. The van der Waals surface area contributed by atoms with Crippen molar-refractivity contribution in [2.75, 3.05) is 0 Å². The molecule has 2 heterocycles. The van der Waals surface area contributed by atoms with Crippen LogP contribution < -0.4 is 10.6 Å². The Morgan fingerprint density at radius 3 is 1.33 bits per heavy atom. The number of dihydropyridines is 2. The molecular formula is C36H32F2N4O2S2. The summed E-state index contributed by atoms with van der Waals surface area (Å²) in [6, 6.07) is 16.4. The number of carbonyl (C=O) groups is 2. The summed E-state index contributed by atoms with van der Waals surface area (Å²) >= 11 is 0. The van der Waals surface area contributed by atoms with Crippen LogP contribution >= 0.6 is 21.6 Å². The van der Waals surface area contributed by atoms with Crippen molar-refractivity contribution < 1.29 is 18.4 Å². The Hall–Kier alpha value is -4.12. The van der Waals surface area contributed by atoms with Gasteiger partial charge in [-0.2, -0.15) is 10.5 Å². The molecular weight excluding hydrogens is 623 g/mol. The molecule has 2 aliphatic carbocycles. The van der Waals surface area contributed by atoms with Crippen LogP contribution in [0.3, 0.4) is 0 Å². The van der Waals surface area contributed by atoms with Gasteiger partial charge in [-0.25, -0.2) is 8.78 Å². The zero-order valence-electron chi connectivity index (χ0n) is 25.9. The first-order valence-electron chi connectivity index (χ1n) is 15.0. The van der Waals surface area contributed by atoms with Crippen molar-refractivity contribution in [3.8, 4) is 12.1 Å². The van der Waals surface area contributed by atoms with Crippen LogP contribution in [0.1, 0.15) is 76.3 Å². The number of carbonyl (C=O) groups excluding carboxylic acids is 2. The highest BCUT2D eigenvalue weighted by molar-refractivity contribution is 8.79. The van der Waals surface area contributed by atoms with Gasteiger partial charge in [0.05, 0.1) is 45.2 Å². The van der Waals surface area contributed by atoms with Crippen molar-refractivity contribution in [2.24, 2.45) is 10.8 Å². The molecule has 2 atom stereocenters. The average molecular weight is 655 g/mol. The number of ketones is 2. The van der Waals surface area contributed by atoms with E-state index in [1.165, 1.54) is 45.9 Å². The van der Waals surface area contributed by atoms with Gasteiger partial charge in [0.1, 0.15) is 11.6 Å². The predicted octanol–water partition coefficient (Wildman–Crippen LogP) is 8.18. The fourth-order valence-corrected chi connectivity index (χ4v) is 9.24. The minimum atomic E-state index is -0.671. The number of rotatable bonds is 5. The molecule has 6 rings (SSSR count). The van der Waals surface area contributed by atoms with E-state index < -0.39 is 23.5 Å². The second-order valence-corrected chi connectivity index (χ2v) is 15.9. The minimum absolute atomic E-state index is 0.0489. The van der Waals surface area contributed by atoms with Gasteiger partial charge in [0.25, 0.3) is 0 Å². The molecule has 4 aliphatic rings. The fraction of sp³-hybridized carbons (Fsp3) is 0.333. The zero-order valence-corrected chi connectivity index (χ0v) is 27.5. The molecule has 0 radical (unpaired) electrons. The number of nitrogens with one attached hydrogen (secondary N) is 2. The summed E-state index contributed by atoms with van der Waals surface area (Å²) in [6.45, 7) is 8.10. The number of allylic oxidation sites excluding steroid dienone is 6.